The van der Waals surface area contributed by atoms with Crippen LogP contribution in [-0.2, 0) is 6.42 Å². The van der Waals surface area contributed by atoms with Gasteiger partial charge in [0.25, 0.3) is 0 Å². The van der Waals surface area contributed by atoms with Crippen LogP contribution in [0.2, 0.25) is 0 Å². The second-order valence-electron chi connectivity index (χ2n) is 6.59. The molecule has 1 aromatic rings. The Labute approximate surface area is 127 Å². The number of likely N-dealkylation sites (N-methyl/N-ethyl adjacent to an activating group) is 1. The lowest BCUT2D eigenvalue weighted by molar-refractivity contribution is 0.0344. The van der Waals surface area contributed by atoms with Crippen LogP contribution in [0.25, 0.3) is 0 Å². The van der Waals surface area contributed by atoms with Crippen LogP contribution in [0.1, 0.15) is 44.6 Å². The summed E-state index contributed by atoms with van der Waals surface area (Å²) in [4.78, 5) is 2.42. The predicted molar refractivity (Wildman–Crippen MR) is 87.8 cm³/mol. The average molecular weight is 295 g/mol. The Morgan fingerprint density at radius 3 is 2.90 bits per heavy atom. The first kappa shape index (κ1) is 16.0. The molecule has 1 heterocycles. The molecule has 114 valence electrons. The average Bonchev–Trinajstić information content (AvgIpc) is 2.92. The molecule has 3 atom stereocenters. The Bertz CT molecular complexity index is 390. The lowest BCUT2D eigenvalue weighted by Crippen LogP contribution is -2.62. The smallest absolute Gasteiger partial charge is 0.0397 e. The first-order valence-corrected chi connectivity index (χ1v) is 8.67. The van der Waals surface area contributed by atoms with E-state index in [9.17, 15) is 0 Å². The Hall–Kier alpha value is -0.420. The van der Waals surface area contributed by atoms with Crippen LogP contribution < -0.4 is 11.3 Å². The molecule has 1 aliphatic carbocycles. The highest BCUT2D eigenvalue weighted by Crippen LogP contribution is 2.39. The van der Waals surface area contributed by atoms with Gasteiger partial charge in [0.15, 0.2) is 0 Å². The van der Waals surface area contributed by atoms with Crippen molar-refractivity contribution in [3.63, 3.8) is 0 Å². The minimum absolute atomic E-state index is 0.211. The van der Waals surface area contributed by atoms with Crippen molar-refractivity contribution in [2.24, 2.45) is 11.8 Å². The normalized spacial score (nSPS) is 28.8. The van der Waals surface area contributed by atoms with E-state index in [1.807, 2.05) is 0 Å². The number of nitrogens with zero attached hydrogens (tertiary/aromatic N) is 1. The Morgan fingerprint density at radius 2 is 2.35 bits per heavy atom. The van der Waals surface area contributed by atoms with Crippen LogP contribution in [0.3, 0.4) is 0 Å². The maximum atomic E-state index is 5.94. The van der Waals surface area contributed by atoms with Gasteiger partial charge in [-0.15, -0.1) is 0 Å². The first-order valence-electron chi connectivity index (χ1n) is 7.73. The number of aryl methyl sites for hydroxylation is 1. The SMILES string of the molecule is CC1CCCC(C(CCc2ccsc2)NN)(N(C)C)C1. The summed E-state index contributed by atoms with van der Waals surface area (Å²) in [5, 5.41) is 4.41. The third-order valence-electron chi connectivity index (χ3n) is 5.05. The molecular formula is C16H29N3S. The molecule has 3 N–H and O–H groups in total. The van der Waals surface area contributed by atoms with Crippen LogP contribution in [0.4, 0.5) is 0 Å². The van der Waals surface area contributed by atoms with Crippen molar-refractivity contribution < 1.29 is 0 Å². The molecule has 1 aliphatic rings. The molecule has 3 nitrogen and oxygen atoms in total. The number of hydrogen-bond donors (Lipinski definition) is 2. The van der Waals surface area contributed by atoms with Gasteiger partial charge in [-0.05, 0) is 68.1 Å². The van der Waals surface area contributed by atoms with E-state index in [0.717, 1.165) is 18.8 Å². The lowest BCUT2D eigenvalue weighted by Gasteiger charge is -2.50. The van der Waals surface area contributed by atoms with Crippen molar-refractivity contribution in [3.8, 4) is 0 Å². The number of nitrogens with one attached hydrogen (secondary N) is 1. The van der Waals surface area contributed by atoms with Crippen molar-refractivity contribution in [2.75, 3.05) is 14.1 Å². The van der Waals surface area contributed by atoms with Gasteiger partial charge in [0.1, 0.15) is 0 Å². The van der Waals surface area contributed by atoms with Gasteiger partial charge in [-0.25, -0.2) is 0 Å². The van der Waals surface area contributed by atoms with E-state index in [-0.39, 0.29) is 5.54 Å². The molecule has 0 bridgehead atoms. The molecule has 1 fully saturated rings. The van der Waals surface area contributed by atoms with Crippen molar-refractivity contribution in [1.82, 2.24) is 10.3 Å². The van der Waals surface area contributed by atoms with Gasteiger partial charge < -0.3 is 4.90 Å². The maximum absolute atomic E-state index is 5.94. The van der Waals surface area contributed by atoms with Gasteiger partial charge in [0.2, 0.25) is 0 Å². The number of rotatable bonds is 6. The monoisotopic (exact) mass is 295 g/mol. The molecule has 2 rings (SSSR count). The van der Waals surface area contributed by atoms with Crippen LogP contribution >= 0.6 is 11.3 Å². The van der Waals surface area contributed by atoms with Crippen molar-refractivity contribution in [3.05, 3.63) is 22.4 Å². The summed E-state index contributed by atoms with van der Waals surface area (Å²) in [6.07, 6.45) is 7.40. The van der Waals surface area contributed by atoms with Gasteiger partial charge in [0, 0.05) is 11.6 Å². The van der Waals surface area contributed by atoms with E-state index in [0.29, 0.717) is 6.04 Å². The van der Waals surface area contributed by atoms with Crippen LogP contribution in [0.15, 0.2) is 16.8 Å². The van der Waals surface area contributed by atoms with E-state index in [4.69, 9.17) is 5.84 Å². The third kappa shape index (κ3) is 3.42. The molecule has 0 aliphatic heterocycles. The number of thiophene rings is 1. The molecular weight excluding hydrogens is 266 g/mol. The van der Waals surface area contributed by atoms with Crippen molar-refractivity contribution in [2.45, 2.75) is 57.0 Å². The largest absolute Gasteiger partial charge is 0.302 e. The Kier molecular flexibility index (Phi) is 5.61. The fraction of sp³-hybridized carbons (Fsp3) is 0.750. The molecule has 1 saturated carbocycles. The van der Waals surface area contributed by atoms with Crippen molar-refractivity contribution >= 4 is 11.3 Å². The quantitative estimate of drug-likeness (QED) is 0.626. The van der Waals surface area contributed by atoms with Gasteiger partial charge in [0.05, 0.1) is 0 Å². The standard InChI is InChI=1S/C16H29N3S/c1-13-5-4-9-16(11-13,19(2)3)15(18-17)7-6-14-8-10-20-12-14/h8,10,12-13,15,18H,4-7,9,11,17H2,1-3H3. The molecule has 3 unspecified atom stereocenters. The zero-order valence-corrected chi connectivity index (χ0v) is 13.9. The lowest BCUT2D eigenvalue weighted by atomic mass is 9.70. The molecule has 1 aromatic heterocycles. The second kappa shape index (κ2) is 7.03. The van der Waals surface area contributed by atoms with Crippen molar-refractivity contribution in [1.29, 1.82) is 0 Å². The summed E-state index contributed by atoms with van der Waals surface area (Å²) in [7, 11) is 4.43. The Morgan fingerprint density at radius 1 is 1.55 bits per heavy atom. The number of hydrogen-bond acceptors (Lipinski definition) is 4. The Balaban J connectivity index is 2.08. The summed E-state index contributed by atoms with van der Waals surface area (Å²) in [5.41, 5.74) is 4.79. The molecule has 0 spiro atoms. The molecule has 0 aromatic carbocycles. The van der Waals surface area contributed by atoms with Crippen LogP contribution in [-0.4, -0.2) is 30.6 Å². The van der Waals surface area contributed by atoms with Gasteiger partial charge in [-0.2, -0.15) is 11.3 Å². The van der Waals surface area contributed by atoms with Crippen LogP contribution in [0.5, 0.6) is 0 Å². The van der Waals surface area contributed by atoms with E-state index in [2.05, 4.69) is 48.2 Å². The fourth-order valence-corrected chi connectivity index (χ4v) is 4.55. The fourth-order valence-electron chi connectivity index (χ4n) is 3.85. The number of nitrogens with two attached hydrogens (primary N) is 1. The highest BCUT2D eigenvalue weighted by Gasteiger charge is 2.42. The minimum atomic E-state index is 0.211. The minimum Gasteiger partial charge on any atom is -0.302 e. The molecule has 0 amide bonds. The second-order valence-corrected chi connectivity index (χ2v) is 7.37. The molecule has 0 saturated heterocycles. The molecule has 4 heteroatoms. The third-order valence-corrected chi connectivity index (χ3v) is 5.78. The van der Waals surface area contributed by atoms with E-state index < -0.39 is 0 Å². The molecule has 20 heavy (non-hydrogen) atoms. The van der Waals surface area contributed by atoms with Crippen LogP contribution in [0, 0.1) is 5.92 Å². The maximum Gasteiger partial charge on any atom is 0.0397 e. The highest BCUT2D eigenvalue weighted by molar-refractivity contribution is 7.07. The summed E-state index contributed by atoms with van der Waals surface area (Å²) in [6, 6.07) is 2.59. The number of hydrazine groups is 1. The summed E-state index contributed by atoms with van der Waals surface area (Å²) in [5.74, 6) is 6.73. The van der Waals surface area contributed by atoms with E-state index in [1.165, 1.54) is 31.2 Å². The summed E-state index contributed by atoms with van der Waals surface area (Å²) >= 11 is 1.78. The zero-order chi connectivity index (χ0) is 14.6. The van der Waals surface area contributed by atoms with Gasteiger partial charge >= 0.3 is 0 Å². The van der Waals surface area contributed by atoms with Gasteiger partial charge in [-0.1, -0.05) is 19.8 Å². The summed E-state index contributed by atoms with van der Waals surface area (Å²) < 4.78 is 0. The first-order chi connectivity index (χ1) is 9.58. The van der Waals surface area contributed by atoms with E-state index in [1.54, 1.807) is 11.3 Å². The zero-order valence-electron chi connectivity index (χ0n) is 13.1. The highest BCUT2D eigenvalue weighted by atomic mass is 32.1. The predicted octanol–water partition coefficient (Wildman–Crippen LogP) is 3.02. The van der Waals surface area contributed by atoms with E-state index >= 15 is 0 Å². The topological polar surface area (TPSA) is 41.3 Å². The van der Waals surface area contributed by atoms with Gasteiger partial charge in [-0.3, -0.25) is 11.3 Å². The molecule has 0 radical (unpaired) electrons. The summed E-state index contributed by atoms with van der Waals surface area (Å²) in [6.45, 7) is 2.38.